The molecule has 36 heavy (non-hydrogen) atoms. The maximum absolute atomic E-state index is 13.5. The number of amides is 2. The molecule has 10 heteroatoms. The molecule has 0 spiro atoms. The number of primary amides is 1. The van der Waals surface area contributed by atoms with Gasteiger partial charge in [0, 0.05) is 45.9 Å². The standard InChI is InChI=1S/C26H24ClF3N4O2/c27-16-4-9-20-19(12-16)21(13-23(33-20)26(28,29)30)32-17-5-7-18(8-6-17)34-22-11-15(25(31)36)2-1-14(22)3-10-24(34)35/h1-2,4,9,11-13,17-18H,3,5-8,10H2,(H2,31,36)(H,32,33). The molecule has 0 unspecified atom stereocenters. The Labute approximate surface area is 210 Å². The number of hydrogen-bond donors (Lipinski definition) is 2. The predicted molar refractivity (Wildman–Crippen MR) is 132 cm³/mol. The number of fused-ring (bicyclic) bond motifs is 2. The molecule has 2 amide bonds. The van der Waals surface area contributed by atoms with Gasteiger partial charge in [0.15, 0.2) is 0 Å². The molecule has 0 saturated heterocycles. The first-order valence-corrected chi connectivity index (χ1v) is 12.2. The Kier molecular flexibility index (Phi) is 6.28. The average molecular weight is 517 g/mol. The minimum absolute atomic E-state index is 0.00474. The molecule has 188 valence electrons. The number of benzene rings is 2. The first kappa shape index (κ1) is 24.4. The molecular weight excluding hydrogens is 493 g/mol. The van der Waals surface area contributed by atoms with Gasteiger partial charge in [-0.1, -0.05) is 17.7 Å². The van der Waals surface area contributed by atoms with E-state index in [9.17, 15) is 22.8 Å². The van der Waals surface area contributed by atoms with Crippen LogP contribution < -0.4 is 16.0 Å². The van der Waals surface area contributed by atoms with Gasteiger partial charge in [0.1, 0.15) is 5.69 Å². The van der Waals surface area contributed by atoms with Gasteiger partial charge in [0.2, 0.25) is 11.8 Å². The van der Waals surface area contributed by atoms with Crippen LogP contribution >= 0.6 is 11.6 Å². The highest BCUT2D eigenvalue weighted by atomic mass is 35.5. The number of carbonyl (C=O) groups excluding carboxylic acids is 2. The first-order chi connectivity index (χ1) is 17.1. The maximum atomic E-state index is 13.5. The summed E-state index contributed by atoms with van der Waals surface area (Å²) in [5, 5.41) is 4.21. The Morgan fingerprint density at radius 3 is 2.50 bits per heavy atom. The van der Waals surface area contributed by atoms with Gasteiger partial charge in [-0.25, -0.2) is 4.98 Å². The van der Waals surface area contributed by atoms with E-state index >= 15 is 0 Å². The summed E-state index contributed by atoms with van der Waals surface area (Å²) in [4.78, 5) is 30.1. The molecule has 1 aliphatic heterocycles. The lowest BCUT2D eigenvalue weighted by Gasteiger charge is -2.40. The van der Waals surface area contributed by atoms with Crippen molar-refractivity contribution in [3.8, 4) is 0 Å². The Balaban J connectivity index is 1.37. The van der Waals surface area contributed by atoms with E-state index in [-0.39, 0.29) is 23.5 Å². The topological polar surface area (TPSA) is 88.3 Å². The van der Waals surface area contributed by atoms with Crippen LogP contribution in [0.25, 0.3) is 10.9 Å². The first-order valence-electron chi connectivity index (χ1n) is 11.8. The van der Waals surface area contributed by atoms with Gasteiger partial charge in [-0.2, -0.15) is 13.2 Å². The number of alkyl halides is 3. The monoisotopic (exact) mass is 516 g/mol. The summed E-state index contributed by atoms with van der Waals surface area (Å²) in [6.45, 7) is 0. The minimum atomic E-state index is -4.58. The summed E-state index contributed by atoms with van der Waals surface area (Å²) in [7, 11) is 0. The third kappa shape index (κ3) is 4.72. The number of nitrogens with zero attached hydrogens (tertiary/aromatic N) is 2. The van der Waals surface area contributed by atoms with Crippen LogP contribution in [-0.2, 0) is 17.4 Å². The summed E-state index contributed by atoms with van der Waals surface area (Å²) < 4.78 is 40.4. The van der Waals surface area contributed by atoms with Crippen molar-refractivity contribution >= 4 is 45.7 Å². The zero-order valence-electron chi connectivity index (χ0n) is 19.2. The van der Waals surface area contributed by atoms with Gasteiger partial charge in [-0.15, -0.1) is 0 Å². The van der Waals surface area contributed by atoms with Gasteiger partial charge in [0.25, 0.3) is 0 Å². The summed E-state index contributed by atoms with van der Waals surface area (Å²) >= 11 is 6.11. The van der Waals surface area contributed by atoms with Crippen LogP contribution in [0.2, 0.25) is 5.02 Å². The predicted octanol–water partition coefficient (Wildman–Crippen LogP) is 5.71. The third-order valence-corrected chi connectivity index (χ3v) is 7.22. The molecule has 1 aromatic heterocycles. The highest BCUT2D eigenvalue weighted by Gasteiger charge is 2.35. The molecule has 6 nitrogen and oxygen atoms in total. The molecule has 5 rings (SSSR count). The van der Waals surface area contributed by atoms with Gasteiger partial charge < -0.3 is 16.0 Å². The number of aryl methyl sites for hydroxylation is 1. The quantitative estimate of drug-likeness (QED) is 0.465. The molecule has 2 heterocycles. The number of pyridine rings is 1. The minimum Gasteiger partial charge on any atom is -0.382 e. The van der Waals surface area contributed by atoms with E-state index in [4.69, 9.17) is 17.3 Å². The number of halogens is 4. The van der Waals surface area contributed by atoms with E-state index in [1.807, 2.05) is 6.07 Å². The number of carbonyl (C=O) groups is 2. The SMILES string of the molecule is NC(=O)c1ccc2c(c1)N(C1CCC(Nc3cc(C(F)(F)F)nc4ccc(Cl)cc34)CC1)C(=O)CC2. The van der Waals surface area contributed by atoms with Crippen molar-refractivity contribution in [3.05, 3.63) is 64.3 Å². The molecule has 3 aromatic rings. The lowest BCUT2D eigenvalue weighted by molar-refractivity contribution is -0.140. The molecular formula is C26H24ClF3N4O2. The number of aromatic nitrogens is 1. The van der Waals surface area contributed by atoms with Crippen molar-refractivity contribution < 1.29 is 22.8 Å². The normalized spacial score (nSPS) is 20.3. The zero-order valence-corrected chi connectivity index (χ0v) is 20.0. The lowest BCUT2D eigenvalue weighted by atomic mass is 9.87. The summed E-state index contributed by atoms with van der Waals surface area (Å²) in [5.74, 6) is -0.545. The number of hydrogen-bond acceptors (Lipinski definition) is 4. The molecule has 1 fully saturated rings. The summed E-state index contributed by atoms with van der Waals surface area (Å²) in [6, 6.07) is 10.7. The maximum Gasteiger partial charge on any atom is 0.433 e. The van der Waals surface area contributed by atoms with Crippen LogP contribution in [0.5, 0.6) is 0 Å². The Morgan fingerprint density at radius 1 is 1.06 bits per heavy atom. The van der Waals surface area contributed by atoms with Crippen molar-refractivity contribution in [2.75, 3.05) is 10.2 Å². The van der Waals surface area contributed by atoms with Crippen LogP contribution in [-0.4, -0.2) is 28.9 Å². The Bertz CT molecular complexity index is 1350. The number of anilines is 2. The summed E-state index contributed by atoms with van der Waals surface area (Å²) in [6.07, 6.45) is -0.923. The van der Waals surface area contributed by atoms with E-state index in [1.54, 1.807) is 23.1 Å². The van der Waals surface area contributed by atoms with Gasteiger partial charge in [0.05, 0.1) is 5.52 Å². The van der Waals surface area contributed by atoms with Crippen molar-refractivity contribution in [2.24, 2.45) is 5.73 Å². The fourth-order valence-corrected chi connectivity index (χ4v) is 5.38. The lowest BCUT2D eigenvalue weighted by Crippen LogP contribution is -2.46. The van der Waals surface area contributed by atoms with Crippen LogP contribution in [0.3, 0.4) is 0 Å². The molecule has 2 aromatic carbocycles. The van der Waals surface area contributed by atoms with E-state index in [1.165, 1.54) is 12.1 Å². The molecule has 1 saturated carbocycles. The number of nitrogens with one attached hydrogen (secondary N) is 1. The van der Waals surface area contributed by atoms with Crippen LogP contribution in [0, 0.1) is 0 Å². The van der Waals surface area contributed by atoms with Gasteiger partial charge >= 0.3 is 6.18 Å². The van der Waals surface area contributed by atoms with Crippen molar-refractivity contribution in [1.82, 2.24) is 4.98 Å². The average Bonchev–Trinajstić information content (AvgIpc) is 2.84. The van der Waals surface area contributed by atoms with Gasteiger partial charge in [-0.3, -0.25) is 9.59 Å². The van der Waals surface area contributed by atoms with E-state index in [0.29, 0.717) is 60.2 Å². The highest BCUT2D eigenvalue weighted by molar-refractivity contribution is 6.31. The number of rotatable bonds is 4. The fraction of sp³-hybridized carbons (Fsp3) is 0.346. The zero-order chi connectivity index (χ0) is 25.6. The Morgan fingerprint density at radius 2 is 1.81 bits per heavy atom. The smallest absolute Gasteiger partial charge is 0.382 e. The van der Waals surface area contributed by atoms with E-state index in [0.717, 1.165) is 17.3 Å². The van der Waals surface area contributed by atoms with Crippen molar-refractivity contribution in [2.45, 2.75) is 56.8 Å². The third-order valence-electron chi connectivity index (χ3n) is 6.99. The summed E-state index contributed by atoms with van der Waals surface area (Å²) in [5.41, 5.74) is 7.12. The molecule has 3 N–H and O–H groups in total. The van der Waals surface area contributed by atoms with E-state index in [2.05, 4.69) is 10.3 Å². The molecule has 0 radical (unpaired) electrons. The number of nitrogens with two attached hydrogens (primary N) is 1. The van der Waals surface area contributed by atoms with Crippen LogP contribution in [0.1, 0.15) is 53.7 Å². The molecule has 0 bridgehead atoms. The fourth-order valence-electron chi connectivity index (χ4n) is 5.21. The molecule has 2 aliphatic rings. The van der Waals surface area contributed by atoms with E-state index < -0.39 is 17.8 Å². The molecule has 1 aliphatic carbocycles. The Hall–Kier alpha value is -3.33. The van der Waals surface area contributed by atoms with Crippen LogP contribution in [0.4, 0.5) is 24.5 Å². The highest BCUT2D eigenvalue weighted by Crippen LogP contribution is 2.38. The van der Waals surface area contributed by atoms with Crippen LogP contribution in [0.15, 0.2) is 42.5 Å². The van der Waals surface area contributed by atoms with Crippen molar-refractivity contribution in [3.63, 3.8) is 0 Å². The molecule has 0 atom stereocenters. The van der Waals surface area contributed by atoms with Crippen molar-refractivity contribution in [1.29, 1.82) is 0 Å². The second-order valence-corrected chi connectivity index (χ2v) is 9.77. The largest absolute Gasteiger partial charge is 0.433 e. The second kappa shape index (κ2) is 9.28. The van der Waals surface area contributed by atoms with Gasteiger partial charge in [-0.05, 0) is 74.1 Å². The second-order valence-electron chi connectivity index (χ2n) is 9.34.